The molecule has 0 aliphatic rings. The van der Waals surface area contributed by atoms with E-state index in [1.54, 1.807) is 13.8 Å². The highest BCUT2D eigenvalue weighted by Crippen LogP contribution is 2.13. The van der Waals surface area contributed by atoms with E-state index in [0.29, 0.717) is 5.69 Å². The van der Waals surface area contributed by atoms with Gasteiger partial charge in [-0.05, 0) is 30.2 Å². The Balaban J connectivity index is 3.01. The van der Waals surface area contributed by atoms with Gasteiger partial charge in [-0.25, -0.2) is 8.42 Å². The number of nitrogens with two attached hydrogens (primary N) is 1. The van der Waals surface area contributed by atoms with Gasteiger partial charge in [0.25, 0.3) is 0 Å². The number of carboxylic acids is 1. The van der Waals surface area contributed by atoms with Crippen LogP contribution in [0, 0.1) is 5.92 Å². The second kappa shape index (κ2) is 5.36. The van der Waals surface area contributed by atoms with Crippen molar-refractivity contribution in [1.82, 2.24) is 4.72 Å². The van der Waals surface area contributed by atoms with Crippen molar-refractivity contribution in [3.8, 4) is 0 Å². The largest absolute Gasteiger partial charge is 0.480 e. The molecule has 0 bridgehead atoms. The fourth-order valence-corrected chi connectivity index (χ4v) is 2.69. The van der Waals surface area contributed by atoms with E-state index in [1.165, 1.54) is 24.3 Å². The monoisotopic (exact) mass is 272 g/mol. The van der Waals surface area contributed by atoms with E-state index in [0.717, 1.165) is 0 Å². The summed E-state index contributed by atoms with van der Waals surface area (Å²) >= 11 is 0. The summed E-state index contributed by atoms with van der Waals surface area (Å²) in [5.74, 6) is -1.56. The molecule has 7 heteroatoms. The highest BCUT2D eigenvalue weighted by atomic mass is 32.2. The lowest BCUT2D eigenvalue weighted by Crippen LogP contribution is -2.44. The molecule has 1 rings (SSSR count). The molecule has 1 atom stereocenters. The maximum absolute atomic E-state index is 11.9. The number of anilines is 1. The zero-order chi connectivity index (χ0) is 13.9. The van der Waals surface area contributed by atoms with Gasteiger partial charge >= 0.3 is 5.97 Å². The first-order chi connectivity index (χ1) is 8.24. The number of hydrogen-bond acceptors (Lipinski definition) is 4. The highest BCUT2D eigenvalue weighted by molar-refractivity contribution is 7.89. The van der Waals surface area contributed by atoms with Crippen molar-refractivity contribution in [2.75, 3.05) is 5.73 Å². The number of carbonyl (C=O) groups is 1. The van der Waals surface area contributed by atoms with Crippen molar-refractivity contribution in [2.45, 2.75) is 24.8 Å². The van der Waals surface area contributed by atoms with E-state index in [2.05, 4.69) is 4.72 Å². The summed E-state index contributed by atoms with van der Waals surface area (Å²) in [6, 6.07) is 4.39. The number of sulfonamides is 1. The molecule has 0 aromatic heterocycles. The van der Waals surface area contributed by atoms with Crippen LogP contribution < -0.4 is 10.5 Å². The lowest BCUT2D eigenvalue weighted by atomic mass is 10.1. The molecule has 18 heavy (non-hydrogen) atoms. The zero-order valence-electron chi connectivity index (χ0n) is 10.1. The first-order valence-electron chi connectivity index (χ1n) is 5.34. The topological polar surface area (TPSA) is 109 Å². The van der Waals surface area contributed by atoms with Gasteiger partial charge in [0.1, 0.15) is 6.04 Å². The summed E-state index contributed by atoms with van der Waals surface area (Å²) in [4.78, 5) is 10.9. The Morgan fingerprint density at radius 3 is 2.17 bits per heavy atom. The molecule has 0 spiro atoms. The van der Waals surface area contributed by atoms with Crippen LogP contribution in [0.3, 0.4) is 0 Å². The van der Waals surface area contributed by atoms with Crippen LogP contribution in [-0.4, -0.2) is 25.5 Å². The van der Waals surface area contributed by atoms with Gasteiger partial charge in [0.15, 0.2) is 0 Å². The van der Waals surface area contributed by atoms with Gasteiger partial charge in [0.05, 0.1) is 4.90 Å². The minimum absolute atomic E-state index is 0.0106. The highest BCUT2D eigenvalue weighted by Gasteiger charge is 2.27. The lowest BCUT2D eigenvalue weighted by molar-refractivity contribution is -0.140. The third kappa shape index (κ3) is 3.44. The van der Waals surface area contributed by atoms with Gasteiger partial charge in [-0.3, -0.25) is 4.79 Å². The van der Waals surface area contributed by atoms with E-state index in [1.807, 2.05) is 0 Å². The van der Waals surface area contributed by atoms with Crippen LogP contribution in [-0.2, 0) is 14.8 Å². The fraction of sp³-hybridized carbons (Fsp3) is 0.364. The van der Waals surface area contributed by atoms with Crippen molar-refractivity contribution in [3.05, 3.63) is 24.3 Å². The smallest absolute Gasteiger partial charge is 0.322 e. The van der Waals surface area contributed by atoms with Gasteiger partial charge in [-0.1, -0.05) is 13.8 Å². The van der Waals surface area contributed by atoms with Gasteiger partial charge < -0.3 is 10.8 Å². The summed E-state index contributed by atoms with van der Waals surface area (Å²) in [6.45, 7) is 3.26. The Labute approximate surface area is 106 Å². The van der Waals surface area contributed by atoms with E-state index in [4.69, 9.17) is 10.8 Å². The lowest BCUT2D eigenvalue weighted by Gasteiger charge is -2.17. The van der Waals surface area contributed by atoms with E-state index < -0.39 is 22.0 Å². The van der Waals surface area contributed by atoms with Gasteiger partial charge in [0.2, 0.25) is 10.0 Å². The summed E-state index contributed by atoms with van der Waals surface area (Å²) < 4.78 is 26.1. The van der Waals surface area contributed by atoms with Gasteiger partial charge in [-0.15, -0.1) is 0 Å². The quantitative estimate of drug-likeness (QED) is 0.682. The molecular formula is C11H16N2O4S. The SMILES string of the molecule is CC(C)[C@@H](NS(=O)(=O)c1ccc(N)cc1)C(=O)O. The molecule has 0 radical (unpaired) electrons. The van der Waals surface area contributed by atoms with Crippen molar-refractivity contribution >= 4 is 21.7 Å². The molecule has 0 saturated heterocycles. The predicted molar refractivity (Wildman–Crippen MR) is 67.4 cm³/mol. The summed E-state index contributed by atoms with van der Waals surface area (Å²) in [7, 11) is -3.85. The van der Waals surface area contributed by atoms with Gasteiger partial charge in [0, 0.05) is 5.69 Å². The number of nitrogens with one attached hydrogen (secondary N) is 1. The Kier molecular flexibility index (Phi) is 4.31. The van der Waals surface area contributed by atoms with E-state index in [-0.39, 0.29) is 10.8 Å². The molecule has 100 valence electrons. The fourth-order valence-electron chi connectivity index (χ4n) is 1.35. The predicted octanol–water partition coefficient (Wildman–Crippen LogP) is 0.656. The normalized spacial score (nSPS) is 13.5. The Morgan fingerprint density at radius 1 is 1.28 bits per heavy atom. The van der Waals surface area contributed by atoms with Crippen LogP contribution in [0.2, 0.25) is 0 Å². The molecule has 6 nitrogen and oxygen atoms in total. The maximum atomic E-state index is 11.9. The number of aliphatic carboxylic acids is 1. The Hall–Kier alpha value is -1.60. The second-order valence-electron chi connectivity index (χ2n) is 4.25. The van der Waals surface area contributed by atoms with Crippen LogP contribution in [0.4, 0.5) is 5.69 Å². The zero-order valence-corrected chi connectivity index (χ0v) is 10.9. The first kappa shape index (κ1) is 14.5. The van der Waals surface area contributed by atoms with Crippen LogP contribution in [0.15, 0.2) is 29.2 Å². The van der Waals surface area contributed by atoms with Crippen LogP contribution in [0.5, 0.6) is 0 Å². The number of carboxylic acid groups (broad SMARTS) is 1. The van der Waals surface area contributed by atoms with Gasteiger partial charge in [-0.2, -0.15) is 4.72 Å². The summed E-state index contributed by atoms with van der Waals surface area (Å²) in [5, 5.41) is 8.95. The number of benzene rings is 1. The van der Waals surface area contributed by atoms with E-state index >= 15 is 0 Å². The first-order valence-corrected chi connectivity index (χ1v) is 6.83. The van der Waals surface area contributed by atoms with Crippen LogP contribution >= 0.6 is 0 Å². The average Bonchev–Trinajstić information content (AvgIpc) is 2.26. The minimum atomic E-state index is -3.85. The number of hydrogen-bond donors (Lipinski definition) is 3. The third-order valence-electron chi connectivity index (χ3n) is 2.41. The molecule has 0 amide bonds. The minimum Gasteiger partial charge on any atom is -0.480 e. The summed E-state index contributed by atoms with van der Waals surface area (Å²) in [5.41, 5.74) is 5.90. The molecule has 0 fully saturated rings. The van der Waals surface area contributed by atoms with Crippen molar-refractivity contribution in [1.29, 1.82) is 0 Å². The second-order valence-corrected chi connectivity index (χ2v) is 5.96. The Morgan fingerprint density at radius 2 is 1.78 bits per heavy atom. The van der Waals surface area contributed by atoms with Crippen LogP contribution in [0.25, 0.3) is 0 Å². The average molecular weight is 272 g/mol. The summed E-state index contributed by atoms with van der Waals surface area (Å²) in [6.07, 6.45) is 0. The molecule has 0 aliphatic carbocycles. The third-order valence-corrected chi connectivity index (χ3v) is 3.86. The molecule has 0 aliphatic heterocycles. The van der Waals surface area contributed by atoms with E-state index in [9.17, 15) is 13.2 Å². The number of rotatable bonds is 5. The standard InChI is InChI=1S/C11H16N2O4S/c1-7(2)10(11(14)15)13-18(16,17)9-5-3-8(12)4-6-9/h3-7,10,13H,12H2,1-2H3,(H,14,15)/t10-/m1/s1. The molecule has 0 heterocycles. The molecule has 4 N–H and O–H groups in total. The molecular weight excluding hydrogens is 256 g/mol. The molecule has 1 aromatic carbocycles. The Bertz CT molecular complexity index is 522. The van der Waals surface area contributed by atoms with Crippen molar-refractivity contribution in [2.24, 2.45) is 5.92 Å². The molecule has 1 aromatic rings. The van der Waals surface area contributed by atoms with Crippen molar-refractivity contribution < 1.29 is 18.3 Å². The maximum Gasteiger partial charge on any atom is 0.322 e. The number of nitrogen functional groups attached to an aromatic ring is 1. The van der Waals surface area contributed by atoms with Crippen molar-refractivity contribution in [3.63, 3.8) is 0 Å². The molecule has 0 saturated carbocycles. The van der Waals surface area contributed by atoms with Crippen LogP contribution in [0.1, 0.15) is 13.8 Å². The molecule has 0 unspecified atom stereocenters.